The number of benzene rings is 1. The number of hydrogen-bond acceptors (Lipinski definition) is 3. The minimum atomic E-state index is -0.163. The summed E-state index contributed by atoms with van der Waals surface area (Å²) in [5, 5.41) is 0. The van der Waals surface area contributed by atoms with Gasteiger partial charge in [0.25, 0.3) is 0 Å². The summed E-state index contributed by atoms with van der Waals surface area (Å²) in [6.45, 7) is 4.67. The van der Waals surface area contributed by atoms with E-state index in [4.69, 9.17) is 22.1 Å². The predicted molar refractivity (Wildman–Crippen MR) is 75.0 cm³/mol. The molecule has 2 rings (SSSR count). The van der Waals surface area contributed by atoms with Gasteiger partial charge in [-0.3, -0.25) is 0 Å². The van der Waals surface area contributed by atoms with Crippen LogP contribution in [0.5, 0.6) is 0 Å². The molecule has 2 N–H and O–H groups in total. The Morgan fingerprint density at radius 2 is 2.33 bits per heavy atom. The molecule has 96 valence electrons. The van der Waals surface area contributed by atoms with E-state index in [1.165, 1.54) is 0 Å². The average Bonchev–Trinajstić information content (AvgIpc) is 2.70. The maximum Gasteiger partial charge on any atom is 0.216 e. The first-order valence-corrected chi connectivity index (χ1v) is 6.26. The van der Waals surface area contributed by atoms with Gasteiger partial charge in [-0.1, -0.05) is 6.07 Å². The maximum atomic E-state index is 5.61. The van der Waals surface area contributed by atoms with Crippen LogP contribution in [0.25, 0.3) is 0 Å². The Morgan fingerprint density at radius 3 is 2.94 bits per heavy atom. The fraction of sp³-hybridized carbons (Fsp3) is 0.385. The van der Waals surface area contributed by atoms with Crippen molar-refractivity contribution >= 4 is 29.0 Å². The first-order valence-electron chi connectivity index (χ1n) is 5.72. The zero-order valence-corrected chi connectivity index (χ0v) is 11.2. The number of nitrogens with zero attached hydrogens (tertiary/aromatic N) is 2. The predicted octanol–water partition coefficient (Wildman–Crippen LogP) is 2.47. The summed E-state index contributed by atoms with van der Waals surface area (Å²) in [7, 11) is 0. The highest BCUT2D eigenvalue weighted by Crippen LogP contribution is 2.23. The summed E-state index contributed by atoms with van der Waals surface area (Å²) in [6, 6.07) is 7.59. The first-order chi connectivity index (χ1) is 8.50. The van der Waals surface area contributed by atoms with Gasteiger partial charge >= 0.3 is 0 Å². The third-order valence-corrected chi connectivity index (χ3v) is 2.74. The lowest BCUT2D eigenvalue weighted by molar-refractivity contribution is 0.279. The van der Waals surface area contributed by atoms with Gasteiger partial charge in [-0.15, -0.1) is 11.6 Å². The number of hydrogen-bond donors (Lipinski definition) is 1. The van der Waals surface area contributed by atoms with Gasteiger partial charge in [-0.05, 0) is 32.0 Å². The first kappa shape index (κ1) is 12.9. The molecule has 0 fully saturated rings. The van der Waals surface area contributed by atoms with Crippen molar-refractivity contribution in [2.75, 3.05) is 12.5 Å². The van der Waals surface area contributed by atoms with Crippen molar-refractivity contribution in [1.29, 1.82) is 0 Å². The molecule has 1 heterocycles. The lowest BCUT2D eigenvalue weighted by Crippen LogP contribution is -2.17. The van der Waals surface area contributed by atoms with Crippen molar-refractivity contribution in [1.82, 2.24) is 0 Å². The molecule has 0 aliphatic carbocycles. The van der Waals surface area contributed by atoms with Gasteiger partial charge in [0.05, 0.1) is 17.1 Å². The van der Waals surface area contributed by atoms with E-state index in [0.717, 1.165) is 11.3 Å². The van der Waals surface area contributed by atoms with Crippen LogP contribution in [-0.2, 0) is 4.74 Å². The van der Waals surface area contributed by atoms with Crippen molar-refractivity contribution < 1.29 is 4.74 Å². The molecule has 1 aliphatic rings. The SMILES string of the molecule is CC1(C)COC(c2cccc(N=C(N)CCl)c2)=N1. The highest BCUT2D eigenvalue weighted by atomic mass is 35.5. The van der Waals surface area contributed by atoms with E-state index in [2.05, 4.69) is 9.98 Å². The van der Waals surface area contributed by atoms with Crippen LogP contribution in [-0.4, -0.2) is 29.8 Å². The van der Waals surface area contributed by atoms with E-state index in [9.17, 15) is 0 Å². The van der Waals surface area contributed by atoms with Gasteiger partial charge in [0.2, 0.25) is 5.90 Å². The van der Waals surface area contributed by atoms with Crippen LogP contribution >= 0.6 is 11.6 Å². The molecule has 18 heavy (non-hydrogen) atoms. The second-order valence-corrected chi connectivity index (χ2v) is 5.07. The van der Waals surface area contributed by atoms with Crippen molar-refractivity contribution in [3.05, 3.63) is 29.8 Å². The second kappa shape index (κ2) is 4.98. The van der Waals surface area contributed by atoms with E-state index in [-0.39, 0.29) is 11.4 Å². The van der Waals surface area contributed by atoms with E-state index >= 15 is 0 Å². The normalized spacial score (nSPS) is 18.4. The number of nitrogens with two attached hydrogens (primary N) is 1. The minimum absolute atomic E-state index is 0.163. The number of ether oxygens (including phenoxy) is 1. The van der Waals surface area contributed by atoms with Gasteiger partial charge in [0.15, 0.2) is 0 Å². The number of rotatable bonds is 3. The largest absolute Gasteiger partial charge is 0.475 e. The zero-order valence-electron chi connectivity index (χ0n) is 10.5. The average molecular weight is 266 g/mol. The summed E-state index contributed by atoms with van der Waals surface area (Å²) in [4.78, 5) is 8.72. The van der Waals surface area contributed by atoms with Crippen LogP contribution in [0.2, 0.25) is 0 Å². The Balaban J connectivity index is 2.29. The smallest absolute Gasteiger partial charge is 0.216 e. The Morgan fingerprint density at radius 1 is 1.56 bits per heavy atom. The number of alkyl halides is 1. The molecule has 5 heteroatoms. The molecule has 1 aliphatic heterocycles. The van der Waals surface area contributed by atoms with Gasteiger partial charge < -0.3 is 10.5 Å². The third kappa shape index (κ3) is 3.01. The Labute approximate surface area is 112 Å². The van der Waals surface area contributed by atoms with Crippen molar-refractivity contribution in [2.45, 2.75) is 19.4 Å². The van der Waals surface area contributed by atoms with E-state index < -0.39 is 0 Å². The molecule has 0 radical (unpaired) electrons. The summed E-state index contributed by atoms with van der Waals surface area (Å²) in [6.07, 6.45) is 0. The number of amidine groups is 1. The van der Waals surface area contributed by atoms with Gasteiger partial charge in [-0.2, -0.15) is 0 Å². The molecule has 0 aromatic heterocycles. The van der Waals surface area contributed by atoms with Crippen LogP contribution in [0.15, 0.2) is 34.3 Å². The molecule has 0 bridgehead atoms. The highest BCUT2D eigenvalue weighted by molar-refractivity contribution is 6.28. The molecule has 0 atom stereocenters. The third-order valence-electron chi connectivity index (χ3n) is 2.47. The molecule has 0 saturated heterocycles. The Hall–Kier alpha value is -1.55. The van der Waals surface area contributed by atoms with Crippen LogP contribution in [0.1, 0.15) is 19.4 Å². The van der Waals surface area contributed by atoms with E-state index in [1.807, 2.05) is 38.1 Å². The summed E-state index contributed by atoms with van der Waals surface area (Å²) < 4.78 is 5.58. The molecule has 0 spiro atoms. The molecule has 0 unspecified atom stereocenters. The molecular formula is C13H16ClN3O. The molecule has 1 aromatic rings. The van der Waals surface area contributed by atoms with Crippen LogP contribution in [0, 0.1) is 0 Å². The molecule has 1 aromatic carbocycles. The van der Waals surface area contributed by atoms with Gasteiger partial charge in [-0.25, -0.2) is 9.98 Å². The topological polar surface area (TPSA) is 60.0 Å². The van der Waals surface area contributed by atoms with Crippen LogP contribution < -0.4 is 5.73 Å². The van der Waals surface area contributed by atoms with Gasteiger partial charge in [0.1, 0.15) is 12.4 Å². The highest BCUT2D eigenvalue weighted by Gasteiger charge is 2.26. The van der Waals surface area contributed by atoms with Crippen LogP contribution in [0.4, 0.5) is 5.69 Å². The Kier molecular flexibility index (Phi) is 3.57. The van der Waals surface area contributed by atoms with Crippen molar-refractivity contribution in [3.63, 3.8) is 0 Å². The molecule has 0 amide bonds. The molecule has 4 nitrogen and oxygen atoms in total. The van der Waals surface area contributed by atoms with Crippen molar-refractivity contribution in [3.8, 4) is 0 Å². The Bertz CT molecular complexity index is 509. The minimum Gasteiger partial charge on any atom is -0.475 e. The zero-order chi connectivity index (χ0) is 13.2. The lowest BCUT2D eigenvalue weighted by Gasteiger charge is -2.07. The molecular weight excluding hydrogens is 250 g/mol. The number of aliphatic imine (C=N–C) groups is 2. The summed E-state index contributed by atoms with van der Waals surface area (Å²) >= 11 is 5.60. The number of halogens is 1. The standard InChI is InChI=1S/C13H16ClN3O/c1-13(2)8-18-12(17-13)9-4-3-5-10(6-9)16-11(15)7-14/h3-6H,7-8H2,1-2H3,(H2,15,16). The quantitative estimate of drug-likeness (QED) is 0.518. The summed E-state index contributed by atoms with van der Waals surface area (Å²) in [5.74, 6) is 1.26. The van der Waals surface area contributed by atoms with Crippen molar-refractivity contribution in [2.24, 2.45) is 15.7 Å². The van der Waals surface area contributed by atoms with E-state index in [0.29, 0.717) is 18.3 Å². The van der Waals surface area contributed by atoms with Gasteiger partial charge in [0, 0.05) is 5.56 Å². The maximum absolute atomic E-state index is 5.61. The fourth-order valence-corrected chi connectivity index (χ4v) is 1.70. The second-order valence-electron chi connectivity index (χ2n) is 4.81. The van der Waals surface area contributed by atoms with E-state index in [1.54, 1.807) is 0 Å². The fourth-order valence-electron chi connectivity index (χ4n) is 1.64. The lowest BCUT2D eigenvalue weighted by atomic mass is 10.1. The van der Waals surface area contributed by atoms with Crippen LogP contribution in [0.3, 0.4) is 0 Å². The monoisotopic (exact) mass is 265 g/mol. The summed E-state index contributed by atoms with van der Waals surface area (Å²) in [5.41, 5.74) is 7.10. The molecule has 0 saturated carbocycles.